The van der Waals surface area contributed by atoms with E-state index in [0.29, 0.717) is 11.3 Å². The summed E-state index contributed by atoms with van der Waals surface area (Å²) in [6.07, 6.45) is 0. The molecule has 26 heavy (non-hydrogen) atoms. The molecule has 0 aliphatic heterocycles. The molecule has 1 N–H and O–H groups in total. The summed E-state index contributed by atoms with van der Waals surface area (Å²) in [6, 6.07) is 9.42. The van der Waals surface area contributed by atoms with Crippen LogP contribution in [0.25, 0.3) is 0 Å². The molecule has 1 amide bonds. The van der Waals surface area contributed by atoms with Gasteiger partial charge in [0.15, 0.2) is 6.61 Å². The number of anilines is 1. The molecule has 0 atom stereocenters. The van der Waals surface area contributed by atoms with E-state index in [2.05, 4.69) is 5.32 Å². The van der Waals surface area contributed by atoms with Crippen molar-refractivity contribution >= 4 is 35.1 Å². The van der Waals surface area contributed by atoms with Crippen LogP contribution in [0.5, 0.6) is 0 Å². The molecule has 2 rings (SSSR count). The van der Waals surface area contributed by atoms with Crippen molar-refractivity contribution in [3.8, 4) is 0 Å². The second-order valence-electron chi connectivity index (χ2n) is 5.05. The number of carbonyl (C=O) groups excluding carboxylic acids is 3. The van der Waals surface area contributed by atoms with E-state index >= 15 is 0 Å². The van der Waals surface area contributed by atoms with E-state index in [4.69, 9.17) is 21.1 Å². The van der Waals surface area contributed by atoms with Gasteiger partial charge >= 0.3 is 11.9 Å². The van der Waals surface area contributed by atoms with Crippen LogP contribution in [0.15, 0.2) is 42.5 Å². The van der Waals surface area contributed by atoms with Gasteiger partial charge in [0, 0.05) is 10.7 Å². The standard InChI is InChI=1S/C18H15ClFNO5/c1-2-25-17(23)11-3-6-13(7-4-11)21-16(22)10-26-18(24)14-9-12(19)5-8-15(14)20/h3-9H,2,10H2,1H3,(H,21,22). The van der Waals surface area contributed by atoms with E-state index in [-0.39, 0.29) is 17.2 Å². The largest absolute Gasteiger partial charge is 0.462 e. The zero-order valence-electron chi connectivity index (χ0n) is 13.8. The van der Waals surface area contributed by atoms with Crippen LogP contribution in [0.4, 0.5) is 10.1 Å². The van der Waals surface area contributed by atoms with Gasteiger partial charge in [-0.2, -0.15) is 0 Å². The van der Waals surface area contributed by atoms with Gasteiger partial charge in [-0.3, -0.25) is 4.79 Å². The Hall–Kier alpha value is -2.93. The molecule has 0 fully saturated rings. The lowest BCUT2D eigenvalue weighted by Crippen LogP contribution is -2.21. The van der Waals surface area contributed by atoms with Crippen molar-refractivity contribution in [3.05, 3.63) is 64.4 Å². The molecule has 0 bridgehead atoms. The van der Waals surface area contributed by atoms with E-state index in [9.17, 15) is 18.8 Å². The predicted octanol–water partition coefficient (Wildman–Crippen LogP) is 3.45. The van der Waals surface area contributed by atoms with Crippen LogP contribution in [0, 0.1) is 5.82 Å². The molecular weight excluding hydrogens is 365 g/mol. The molecule has 0 aliphatic rings. The number of halogens is 2. The lowest BCUT2D eigenvalue weighted by atomic mass is 10.2. The summed E-state index contributed by atoms with van der Waals surface area (Å²) in [5, 5.41) is 2.66. The first kappa shape index (κ1) is 19.4. The molecule has 0 heterocycles. The molecule has 2 aromatic carbocycles. The van der Waals surface area contributed by atoms with E-state index in [1.807, 2.05) is 0 Å². The number of carbonyl (C=O) groups is 3. The van der Waals surface area contributed by atoms with E-state index in [0.717, 1.165) is 12.1 Å². The maximum absolute atomic E-state index is 13.6. The van der Waals surface area contributed by atoms with Crippen LogP contribution in [-0.4, -0.2) is 31.1 Å². The summed E-state index contributed by atoms with van der Waals surface area (Å²) >= 11 is 5.70. The number of esters is 2. The van der Waals surface area contributed by atoms with Crippen molar-refractivity contribution in [2.24, 2.45) is 0 Å². The maximum Gasteiger partial charge on any atom is 0.341 e. The number of amides is 1. The highest BCUT2D eigenvalue weighted by atomic mass is 35.5. The van der Waals surface area contributed by atoms with Crippen molar-refractivity contribution in [2.75, 3.05) is 18.5 Å². The predicted molar refractivity (Wildman–Crippen MR) is 92.7 cm³/mol. The maximum atomic E-state index is 13.6. The molecule has 0 aliphatic carbocycles. The lowest BCUT2D eigenvalue weighted by Gasteiger charge is -2.08. The van der Waals surface area contributed by atoms with Crippen molar-refractivity contribution in [2.45, 2.75) is 6.92 Å². The summed E-state index contributed by atoms with van der Waals surface area (Å²) < 4.78 is 23.2. The van der Waals surface area contributed by atoms with Crippen molar-refractivity contribution in [1.29, 1.82) is 0 Å². The third kappa shape index (κ3) is 5.29. The van der Waals surface area contributed by atoms with Gasteiger partial charge in [0.05, 0.1) is 17.7 Å². The highest BCUT2D eigenvalue weighted by molar-refractivity contribution is 6.30. The van der Waals surface area contributed by atoms with Gasteiger partial charge in [-0.1, -0.05) is 11.6 Å². The van der Waals surface area contributed by atoms with Gasteiger partial charge in [-0.05, 0) is 49.4 Å². The Morgan fingerprint density at radius 1 is 1.04 bits per heavy atom. The van der Waals surface area contributed by atoms with Gasteiger partial charge in [0.1, 0.15) is 5.82 Å². The third-order valence-electron chi connectivity index (χ3n) is 3.16. The Morgan fingerprint density at radius 2 is 1.73 bits per heavy atom. The van der Waals surface area contributed by atoms with Crippen LogP contribution in [0.2, 0.25) is 5.02 Å². The van der Waals surface area contributed by atoms with E-state index in [1.165, 1.54) is 30.3 Å². The van der Waals surface area contributed by atoms with Gasteiger partial charge in [-0.25, -0.2) is 14.0 Å². The fourth-order valence-electron chi connectivity index (χ4n) is 1.96. The number of hydrogen-bond acceptors (Lipinski definition) is 5. The van der Waals surface area contributed by atoms with Gasteiger partial charge in [0.25, 0.3) is 5.91 Å². The molecule has 6 nitrogen and oxygen atoms in total. The number of benzene rings is 2. The van der Waals surface area contributed by atoms with Gasteiger partial charge < -0.3 is 14.8 Å². The molecule has 0 unspecified atom stereocenters. The molecule has 136 valence electrons. The summed E-state index contributed by atoms with van der Waals surface area (Å²) in [4.78, 5) is 35.2. The summed E-state index contributed by atoms with van der Waals surface area (Å²) in [7, 11) is 0. The topological polar surface area (TPSA) is 81.7 Å². The first-order chi connectivity index (χ1) is 12.4. The quantitative estimate of drug-likeness (QED) is 0.777. The van der Waals surface area contributed by atoms with Gasteiger partial charge in [0.2, 0.25) is 0 Å². The molecule has 0 radical (unpaired) electrons. The third-order valence-corrected chi connectivity index (χ3v) is 3.40. The smallest absolute Gasteiger partial charge is 0.341 e. The minimum absolute atomic E-state index is 0.171. The molecule has 0 saturated heterocycles. The van der Waals surface area contributed by atoms with Crippen LogP contribution in [0.1, 0.15) is 27.6 Å². The average molecular weight is 380 g/mol. The highest BCUT2D eigenvalue weighted by Gasteiger charge is 2.15. The second kappa shape index (κ2) is 8.96. The summed E-state index contributed by atoms with van der Waals surface area (Å²) in [5.41, 5.74) is 0.379. The number of hydrogen-bond donors (Lipinski definition) is 1. The van der Waals surface area contributed by atoms with E-state index < -0.39 is 30.3 Å². The fourth-order valence-corrected chi connectivity index (χ4v) is 2.14. The first-order valence-electron chi connectivity index (χ1n) is 7.60. The van der Waals surface area contributed by atoms with Crippen LogP contribution >= 0.6 is 11.6 Å². The minimum atomic E-state index is -1.00. The van der Waals surface area contributed by atoms with E-state index in [1.54, 1.807) is 6.92 Å². The molecular formula is C18H15ClFNO5. The van der Waals surface area contributed by atoms with Crippen molar-refractivity contribution < 1.29 is 28.2 Å². The zero-order chi connectivity index (χ0) is 19.1. The highest BCUT2D eigenvalue weighted by Crippen LogP contribution is 2.16. The average Bonchev–Trinajstić information content (AvgIpc) is 2.62. The molecule has 2 aromatic rings. The zero-order valence-corrected chi connectivity index (χ0v) is 14.5. The Kier molecular flexibility index (Phi) is 6.68. The van der Waals surface area contributed by atoms with Gasteiger partial charge in [-0.15, -0.1) is 0 Å². The Bertz CT molecular complexity index is 823. The number of rotatable bonds is 6. The molecule has 8 heteroatoms. The van der Waals surface area contributed by atoms with Crippen LogP contribution in [-0.2, 0) is 14.3 Å². The molecule has 0 spiro atoms. The monoisotopic (exact) mass is 379 g/mol. The Balaban J connectivity index is 1.89. The Labute approximate surface area is 153 Å². The lowest BCUT2D eigenvalue weighted by molar-refractivity contribution is -0.119. The van der Waals surface area contributed by atoms with Crippen LogP contribution in [0.3, 0.4) is 0 Å². The number of ether oxygens (including phenoxy) is 2. The summed E-state index contributed by atoms with van der Waals surface area (Å²) in [6.45, 7) is 1.35. The van der Waals surface area contributed by atoms with Crippen LogP contribution < -0.4 is 5.32 Å². The molecule has 0 saturated carbocycles. The fraction of sp³-hybridized carbons (Fsp3) is 0.167. The normalized spacial score (nSPS) is 10.1. The van der Waals surface area contributed by atoms with Crippen molar-refractivity contribution in [3.63, 3.8) is 0 Å². The SMILES string of the molecule is CCOC(=O)c1ccc(NC(=O)COC(=O)c2cc(Cl)ccc2F)cc1. The first-order valence-corrected chi connectivity index (χ1v) is 7.97. The van der Waals surface area contributed by atoms with Crippen molar-refractivity contribution in [1.82, 2.24) is 0 Å². The second-order valence-corrected chi connectivity index (χ2v) is 5.48. The minimum Gasteiger partial charge on any atom is -0.462 e. The number of nitrogens with one attached hydrogen (secondary N) is 1. The summed E-state index contributed by atoms with van der Waals surface area (Å²) in [5.74, 6) is -2.89. The molecule has 0 aromatic heterocycles. The Morgan fingerprint density at radius 3 is 2.38 bits per heavy atom.